The summed E-state index contributed by atoms with van der Waals surface area (Å²) in [5, 5.41) is 0.390. The van der Waals surface area contributed by atoms with E-state index in [2.05, 4.69) is 57.7 Å². The molecular weight excluding hydrogens is 176 g/mol. The molecule has 0 N–H and O–H groups in total. The van der Waals surface area contributed by atoms with Gasteiger partial charge in [-0.15, -0.1) is 0 Å². The second-order valence-electron chi connectivity index (χ2n) is 3.75. The van der Waals surface area contributed by atoms with Gasteiger partial charge in [-0.25, -0.2) is 0 Å². The van der Waals surface area contributed by atoms with E-state index in [-0.39, 0.29) is 0 Å². The first-order valence-corrected chi connectivity index (χ1v) is 5.44. The van der Waals surface area contributed by atoms with Crippen LogP contribution in [0.2, 0.25) is 0 Å². The molecule has 1 unspecified atom stereocenters. The molecule has 1 aromatic rings. The van der Waals surface area contributed by atoms with Crippen molar-refractivity contribution in [1.82, 2.24) is 0 Å². The molecule has 0 heterocycles. The number of thiol groups is 1. The molecule has 0 bridgehead atoms. The van der Waals surface area contributed by atoms with Gasteiger partial charge < -0.3 is 0 Å². The molecule has 1 heteroatoms. The van der Waals surface area contributed by atoms with Crippen LogP contribution < -0.4 is 0 Å². The Balaban J connectivity index is 2.81. The molecule has 13 heavy (non-hydrogen) atoms. The first-order valence-electron chi connectivity index (χ1n) is 4.93. The maximum Gasteiger partial charge on any atom is 0.0264 e. The molecule has 0 aromatic heterocycles. The van der Waals surface area contributed by atoms with E-state index >= 15 is 0 Å². The van der Waals surface area contributed by atoms with Crippen molar-refractivity contribution in [2.45, 2.75) is 38.4 Å². The molecule has 0 nitrogen and oxygen atoms in total. The summed E-state index contributed by atoms with van der Waals surface area (Å²) in [7, 11) is 0. The molecule has 1 rings (SSSR count). The van der Waals surface area contributed by atoms with Crippen LogP contribution in [0.5, 0.6) is 0 Å². The van der Waals surface area contributed by atoms with Gasteiger partial charge in [0.1, 0.15) is 0 Å². The fourth-order valence-electron chi connectivity index (χ4n) is 1.34. The standard InChI is InChI=1S/C12H18S/c1-4-12(13)11-7-5-10(6-8-11)9(2)3/h5-9,12-13H,4H2,1-3H3. The van der Waals surface area contributed by atoms with E-state index in [1.54, 1.807) is 0 Å². The average Bonchev–Trinajstić information content (AvgIpc) is 2.17. The van der Waals surface area contributed by atoms with E-state index in [9.17, 15) is 0 Å². The van der Waals surface area contributed by atoms with Gasteiger partial charge >= 0.3 is 0 Å². The Morgan fingerprint density at radius 2 is 1.54 bits per heavy atom. The summed E-state index contributed by atoms with van der Waals surface area (Å²) in [6.45, 7) is 6.59. The van der Waals surface area contributed by atoms with Crippen LogP contribution in [0, 0.1) is 0 Å². The Morgan fingerprint density at radius 1 is 1.08 bits per heavy atom. The topological polar surface area (TPSA) is 0 Å². The first-order chi connectivity index (χ1) is 6.15. The van der Waals surface area contributed by atoms with Crippen LogP contribution in [0.4, 0.5) is 0 Å². The summed E-state index contributed by atoms with van der Waals surface area (Å²) in [6, 6.07) is 8.80. The number of hydrogen-bond acceptors (Lipinski definition) is 1. The van der Waals surface area contributed by atoms with Crippen molar-refractivity contribution in [2.24, 2.45) is 0 Å². The lowest BCUT2D eigenvalue weighted by Crippen LogP contribution is -1.91. The average molecular weight is 194 g/mol. The van der Waals surface area contributed by atoms with Gasteiger partial charge in [0.05, 0.1) is 0 Å². The van der Waals surface area contributed by atoms with Crippen LogP contribution in [0.25, 0.3) is 0 Å². The van der Waals surface area contributed by atoms with Crippen LogP contribution in [0.15, 0.2) is 24.3 Å². The van der Waals surface area contributed by atoms with Gasteiger partial charge in [-0.3, -0.25) is 0 Å². The molecule has 1 aromatic carbocycles. The smallest absolute Gasteiger partial charge is 0.0264 e. The SMILES string of the molecule is CCC(S)c1ccc(C(C)C)cc1. The predicted molar refractivity (Wildman–Crippen MR) is 62.5 cm³/mol. The molecule has 1 atom stereocenters. The van der Waals surface area contributed by atoms with Gasteiger partial charge in [-0.05, 0) is 23.5 Å². The fourth-order valence-corrected chi connectivity index (χ4v) is 1.51. The largest absolute Gasteiger partial charge is 0.171 e. The zero-order valence-electron chi connectivity index (χ0n) is 8.62. The van der Waals surface area contributed by atoms with Crippen LogP contribution in [0.3, 0.4) is 0 Å². The number of rotatable bonds is 3. The summed E-state index contributed by atoms with van der Waals surface area (Å²) < 4.78 is 0. The molecule has 0 fully saturated rings. The number of hydrogen-bond donors (Lipinski definition) is 1. The Morgan fingerprint density at radius 3 is 1.92 bits per heavy atom. The quantitative estimate of drug-likeness (QED) is 0.685. The van der Waals surface area contributed by atoms with E-state index in [1.165, 1.54) is 11.1 Å². The third-order valence-corrected chi connectivity index (χ3v) is 3.04. The van der Waals surface area contributed by atoms with E-state index in [4.69, 9.17) is 0 Å². The summed E-state index contributed by atoms with van der Waals surface area (Å²) in [5.74, 6) is 0.619. The molecule has 0 radical (unpaired) electrons. The molecule has 0 saturated heterocycles. The Hall–Kier alpha value is -0.430. The van der Waals surface area contributed by atoms with Crippen molar-refractivity contribution in [3.8, 4) is 0 Å². The highest BCUT2D eigenvalue weighted by Crippen LogP contribution is 2.24. The molecule has 0 aliphatic rings. The highest BCUT2D eigenvalue weighted by Gasteiger charge is 2.04. The van der Waals surface area contributed by atoms with Gasteiger partial charge in [0, 0.05) is 5.25 Å². The van der Waals surface area contributed by atoms with E-state index in [1.807, 2.05) is 0 Å². The van der Waals surface area contributed by atoms with Crippen molar-refractivity contribution >= 4 is 12.6 Å². The monoisotopic (exact) mass is 194 g/mol. The third kappa shape index (κ3) is 2.77. The van der Waals surface area contributed by atoms with Crippen molar-refractivity contribution in [3.05, 3.63) is 35.4 Å². The molecule has 0 amide bonds. The van der Waals surface area contributed by atoms with Crippen LogP contribution in [0.1, 0.15) is 49.5 Å². The summed E-state index contributed by atoms with van der Waals surface area (Å²) in [4.78, 5) is 0. The third-order valence-electron chi connectivity index (χ3n) is 2.37. The van der Waals surface area contributed by atoms with Gasteiger partial charge in [0.25, 0.3) is 0 Å². The second-order valence-corrected chi connectivity index (χ2v) is 4.37. The van der Waals surface area contributed by atoms with Gasteiger partial charge in [-0.2, -0.15) is 12.6 Å². The minimum atomic E-state index is 0.390. The maximum atomic E-state index is 4.51. The zero-order chi connectivity index (χ0) is 9.84. The van der Waals surface area contributed by atoms with Crippen LogP contribution in [-0.4, -0.2) is 0 Å². The minimum Gasteiger partial charge on any atom is -0.171 e. The first kappa shape index (κ1) is 10.6. The Labute approximate surface area is 86.8 Å². The van der Waals surface area contributed by atoms with E-state index in [0.29, 0.717) is 11.2 Å². The zero-order valence-corrected chi connectivity index (χ0v) is 9.51. The van der Waals surface area contributed by atoms with Crippen molar-refractivity contribution in [3.63, 3.8) is 0 Å². The fraction of sp³-hybridized carbons (Fsp3) is 0.500. The highest BCUT2D eigenvalue weighted by atomic mass is 32.1. The van der Waals surface area contributed by atoms with E-state index in [0.717, 1.165) is 6.42 Å². The van der Waals surface area contributed by atoms with Crippen LogP contribution in [-0.2, 0) is 0 Å². The number of benzene rings is 1. The second kappa shape index (κ2) is 4.71. The highest BCUT2D eigenvalue weighted by molar-refractivity contribution is 7.80. The Bertz CT molecular complexity index is 248. The summed E-state index contributed by atoms with van der Waals surface area (Å²) >= 11 is 4.51. The van der Waals surface area contributed by atoms with Crippen molar-refractivity contribution < 1.29 is 0 Å². The molecule has 0 aliphatic carbocycles. The van der Waals surface area contributed by atoms with Gasteiger partial charge in [0.2, 0.25) is 0 Å². The lowest BCUT2D eigenvalue weighted by Gasteiger charge is -2.10. The van der Waals surface area contributed by atoms with Crippen molar-refractivity contribution in [2.75, 3.05) is 0 Å². The normalized spacial score (nSPS) is 13.3. The minimum absolute atomic E-state index is 0.390. The predicted octanol–water partition coefficient (Wildman–Crippen LogP) is 4.19. The maximum absolute atomic E-state index is 4.51. The van der Waals surface area contributed by atoms with Gasteiger partial charge in [-0.1, -0.05) is 45.0 Å². The Kier molecular flexibility index (Phi) is 3.86. The molecule has 72 valence electrons. The lowest BCUT2D eigenvalue weighted by molar-refractivity contribution is 0.858. The summed E-state index contributed by atoms with van der Waals surface area (Å²) in [5.41, 5.74) is 2.73. The molecule has 0 saturated carbocycles. The molecule has 0 spiro atoms. The molecular formula is C12H18S. The van der Waals surface area contributed by atoms with Gasteiger partial charge in [0.15, 0.2) is 0 Å². The molecule has 0 aliphatic heterocycles. The van der Waals surface area contributed by atoms with Crippen LogP contribution >= 0.6 is 12.6 Å². The summed E-state index contributed by atoms with van der Waals surface area (Å²) in [6.07, 6.45) is 1.09. The lowest BCUT2D eigenvalue weighted by atomic mass is 10.0. The van der Waals surface area contributed by atoms with Crippen molar-refractivity contribution in [1.29, 1.82) is 0 Å². The van der Waals surface area contributed by atoms with E-state index < -0.39 is 0 Å².